The highest BCUT2D eigenvalue weighted by Gasteiger charge is 2.61. The molecule has 10 atom stereocenters. The minimum Gasteiger partial charge on any atom is -0.457 e. The Balaban J connectivity index is 0.000000663. The Kier molecular flexibility index (Phi) is 12.6. The molecule has 0 spiro atoms. The summed E-state index contributed by atoms with van der Waals surface area (Å²) in [6.45, 7) is 13.5. The van der Waals surface area contributed by atoms with E-state index in [1.165, 1.54) is 51.4 Å². The van der Waals surface area contributed by atoms with Gasteiger partial charge in [-0.2, -0.15) is 0 Å². The second kappa shape index (κ2) is 15.0. The van der Waals surface area contributed by atoms with Crippen LogP contribution in [-0.4, -0.2) is 41.3 Å². The van der Waals surface area contributed by atoms with Gasteiger partial charge in [0.15, 0.2) is 5.78 Å². The van der Waals surface area contributed by atoms with Crippen molar-refractivity contribution in [1.82, 2.24) is 0 Å². The van der Waals surface area contributed by atoms with E-state index in [2.05, 4.69) is 34.6 Å². The van der Waals surface area contributed by atoms with Gasteiger partial charge in [0.1, 0.15) is 6.61 Å². The van der Waals surface area contributed by atoms with Crippen LogP contribution in [0.1, 0.15) is 138 Å². The predicted molar refractivity (Wildman–Crippen MR) is 162 cm³/mol. The van der Waals surface area contributed by atoms with Crippen LogP contribution in [0.3, 0.4) is 0 Å². The summed E-state index contributed by atoms with van der Waals surface area (Å²) in [5.41, 5.74) is 0.641. The minimum absolute atomic E-state index is 0.00389. The Bertz CT molecular complexity index is 808. The first-order valence-electron chi connectivity index (χ1n) is 17.0. The maximum Gasteiger partial charge on any atom is 0.309 e. The average molecular weight is 563 g/mol. The summed E-state index contributed by atoms with van der Waals surface area (Å²) in [7, 11) is 0. The number of hydrogen-bond donors (Lipinski definition) is 2. The number of carbonyl (C=O) groups is 2. The molecular formula is C35H62O5. The van der Waals surface area contributed by atoms with Gasteiger partial charge in [0.05, 0.1) is 18.6 Å². The first-order chi connectivity index (χ1) is 19.0. The van der Waals surface area contributed by atoms with E-state index < -0.39 is 6.10 Å². The molecule has 0 radical (unpaired) electrons. The molecule has 5 heteroatoms. The number of aliphatic hydroxyl groups excluding tert-OH is 2. The number of unbranched alkanes of at least 4 members (excludes halogenated alkanes) is 1. The summed E-state index contributed by atoms with van der Waals surface area (Å²) in [6.07, 6.45) is 16.8. The van der Waals surface area contributed by atoms with Crippen molar-refractivity contribution in [3.05, 3.63) is 0 Å². The van der Waals surface area contributed by atoms with Crippen LogP contribution in [-0.2, 0) is 14.3 Å². The Morgan fingerprint density at radius 1 is 0.900 bits per heavy atom. The van der Waals surface area contributed by atoms with Gasteiger partial charge in [0.25, 0.3) is 0 Å². The number of hydrogen-bond acceptors (Lipinski definition) is 5. The fourth-order valence-electron chi connectivity index (χ4n) is 9.67. The zero-order valence-electron chi connectivity index (χ0n) is 26.8. The number of esters is 1. The van der Waals surface area contributed by atoms with E-state index in [-0.39, 0.29) is 42.2 Å². The van der Waals surface area contributed by atoms with Crippen LogP contribution in [0.5, 0.6) is 0 Å². The lowest BCUT2D eigenvalue weighted by atomic mass is 9.44. The van der Waals surface area contributed by atoms with Gasteiger partial charge in [0, 0.05) is 5.92 Å². The van der Waals surface area contributed by atoms with Crippen LogP contribution in [0.2, 0.25) is 0 Å². The van der Waals surface area contributed by atoms with E-state index in [9.17, 15) is 9.59 Å². The van der Waals surface area contributed by atoms with Crippen molar-refractivity contribution in [3.8, 4) is 0 Å². The Labute approximate surface area is 245 Å². The SMILES string of the molecule is CCC(O)CO.CCCCC(CCC)C(=O)OCC(=O)C1CCC2C3CCC4CC(C)CCC4(C)C3CCC12C. The molecule has 4 aliphatic carbocycles. The largest absolute Gasteiger partial charge is 0.457 e. The molecule has 10 unspecified atom stereocenters. The fraction of sp³-hybridized carbons (Fsp3) is 0.943. The van der Waals surface area contributed by atoms with Gasteiger partial charge in [-0.3, -0.25) is 9.59 Å². The van der Waals surface area contributed by atoms with E-state index in [1.54, 1.807) is 0 Å². The maximum atomic E-state index is 13.4. The summed E-state index contributed by atoms with van der Waals surface area (Å²) in [4.78, 5) is 26.1. The topological polar surface area (TPSA) is 83.8 Å². The lowest BCUT2D eigenvalue weighted by Gasteiger charge is -2.61. The number of ketones is 1. The molecule has 0 aromatic carbocycles. The molecule has 0 heterocycles. The summed E-state index contributed by atoms with van der Waals surface area (Å²) in [6, 6.07) is 0. The van der Waals surface area contributed by atoms with Crippen molar-refractivity contribution >= 4 is 11.8 Å². The smallest absolute Gasteiger partial charge is 0.309 e. The number of carbonyl (C=O) groups excluding carboxylic acids is 2. The number of fused-ring (bicyclic) bond motifs is 5. The van der Waals surface area contributed by atoms with Crippen LogP contribution >= 0.6 is 0 Å². The molecular weight excluding hydrogens is 500 g/mol. The Morgan fingerprint density at radius 2 is 1.60 bits per heavy atom. The molecule has 0 aliphatic heterocycles. The lowest BCUT2D eigenvalue weighted by Crippen LogP contribution is -2.53. The molecule has 0 aromatic rings. The van der Waals surface area contributed by atoms with Crippen LogP contribution in [0.15, 0.2) is 0 Å². The highest BCUT2D eigenvalue weighted by Crippen LogP contribution is 2.67. The van der Waals surface area contributed by atoms with Crippen LogP contribution in [0.25, 0.3) is 0 Å². The zero-order chi connectivity index (χ0) is 29.5. The number of aliphatic hydroxyl groups is 2. The third-order valence-corrected chi connectivity index (χ3v) is 12.2. The number of ether oxygens (including phenoxy) is 1. The highest BCUT2D eigenvalue weighted by molar-refractivity contribution is 5.85. The minimum atomic E-state index is -0.509. The molecule has 232 valence electrons. The molecule has 5 nitrogen and oxygen atoms in total. The van der Waals surface area contributed by atoms with Crippen molar-refractivity contribution in [1.29, 1.82) is 0 Å². The molecule has 0 amide bonds. The van der Waals surface area contributed by atoms with Gasteiger partial charge in [-0.1, -0.05) is 67.2 Å². The van der Waals surface area contributed by atoms with Crippen LogP contribution in [0.4, 0.5) is 0 Å². The molecule has 4 saturated carbocycles. The van der Waals surface area contributed by atoms with E-state index in [1.807, 2.05) is 6.92 Å². The van der Waals surface area contributed by atoms with Gasteiger partial charge >= 0.3 is 5.97 Å². The fourth-order valence-corrected chi connectivity index (χ4v) is 9.67. The van der Waals surface area contributed by atoms with E-state index >= 15 is 0 Å². The molecule has 2 N–H and O–H groups in total. The summed E-state index contributed by atoms with van der Waals surface area (Å²) < 4.78 is 5.67. The predicted octanol–water partition coefficient (Wildman–Crippen LogP) is 7.75. The summed E-state index contributed by atoms with van der Waals surface area (Å²) >= 11 is 0. The van der Waals surface area contributed by atoms with Crippen molar-refractivity contribution in [3.63, 3.8) is 0 Å². The molecule has 4 aliphatic rings. The van der Waals surface area contributed by atoms with Gasteiger partial charge in [-0.05, 0) is 111 Å². The van der Waals surface area contributed by atoms with E-state index in [0.717, 1.165) is 62.2 Å². The molecule has 40 heavy (non-hydrogen) atoms. The molecule has 0 aromatic heterocycles. The highest BCUT2D eigenvalue weighted by atomic mass is 16.5. The van der Waals surface area contributed by atoms with Gasteiger partial charge in [-0.15, -0.1) is 0 Å². The second-order valence-corrected chi connectivity index (χ2v) is 14.7. The van der Waals surface area contributed by atoms with Gasteiger partial charge < -0.3 is 14.9 Å². The van der Waals surface area contributed by atoms with Crippen LogP contribution < -0.4 is 0 Å². The third kappa shape index (κ3) is 7.33. The molecule has 4 rings (SSSR count). The quantitative estimate of drug-likeness (QED) is 0.252. The number of Topliss-reactive ketones (excluding diaryl/α,β-unsaturated/α-hetero) is 1. The first-order valence-corrected chi connectivity index (χ1v) is 17.0. The monoisotopic (exact) mass is 562 g/mol. The number of rotatable bonds is 11. The van der Waals surface area contributed by atoms with E-state index in [4.69, 9.17) is 14.9 Å². The summed E-state index contributed by atoms with van der Waals surface area (Å²) in [5.74, 6) is 4.29. The standard InChI is InChI=1S/C31H52O3.C4H10O2/c1-6-8-10-22(9-7-2)29(33)34-20-28(32)27-14-13-25-24-12-11-23-19-21(3)15-17-30(23,4)26(24)16-18-31(25,27)5;1-2-4(6)3-5/h21-27H,6-20H2,1-5H3;4-6H,2-3H2,1H3. The molecule has 0 bridgehead atoms. The summed E-state index contributed by atoms with van der Waals surface area (Å²) in [5, 5.41) is 16.5. The van der Waals surface area contributed by atoms with Crippen molar-refractivity contribution in [2.24, 2.45) is 52.3 Å². The Morgan fingerprint density at radius 3 is 2.23 bits per heavy atom. The van der Waals surface area contributed by atoms with Crippen molar-refractivity contribution in [2.45, 2.75) is 144 Å². The molecule has 4 fully saturated rings. The van der Waals surface area contributed by atoms with Gasteiger partial charge in [-0.25, -0.2) is 0 Å². The van der Waals surface area contributed by atoms with Crippen LogP contribution in [0, 0.1) is 52.3 Å². The average Bonchev–Trinajstić information content (AvgIpc) is 3.31. The van der Waals surface area contributed by atoms with E-state index in [0.29, 0.717) is 17.8 Å². The maximum absolute atomic E-state index is 13.4. The van der Waals surface area contributed by atoms with Gasteiger partial charge in [0.2, 0.25) is 0 Å². The zero-order valence-corrected chi connectivity index (χ0v) is 26.8. The normalized spacial score (nSPS) is 38.1. The lowest BCUT2D eigenvalue weighted by molar-refractivity contribution is -0.156. The van der Waals surface area contributed by atoms with Crippen molar-refractivity contribution in [2.75, 3.05) is 13.2 Å². The molecule has 0 saturated heterocycles. The third-order valence-electron chi connectivity index (χ3n) is 12.2. The first kappa shape index (κ1) is 33.6. The Hall–Kier alpha value is -0.940. The second-order valence-electron chi connectivity index (χ2n) is 14.7. The van der Waals surface area contributed by atoms with Crippen molar-refractivity contribution < 1.29 is 24.5 Å².